The smallest absolute Gasteiger partial charge is 0.0455 e. The average molecular weight is 221 g/mol. The molecule has 0 aromatic carbocycles. The van der Waals surface area contributed by atoms with E-state index in [9.17, 15) is 0 Å². The average Bonchev–Trinajstić information content (AvgIpc) is 2.60. The summed E-state index contributed by atoms with van der Waals surface area (Å²) in [6.07, 6.45) is 5.99. The molecule has 0 radical (unpaired) electrons. The lowest BCUT2D eigenvalue weighted by Crippen LogP contribution is -1.75. The van der Waals surface area contributed by atoms with E-state index in [1.807, 2.05) is 46.8 Å². The Morgan fingerprint density at radius 1 is 1.06 bits per heavy atom. The number of nitrogens with one attached hydrogen (secondary N) is 1. The van der Waals surface area contributed by atoms with Crippen LogP contribution in [0.5, 0.6) is 0 Å². The Kier molecular flexibility index (Phi) is 11.0. The van der Waals surface area contributed by atoms with E-state index in [1.54, 1.807) is 0 Å². The molecule has 0 aliphatic carbocycles. The molecule has 1 N–H and O–H groups in total. The zero-order valence-corrected chi connectivity index (χ0v) is 11.9. The molecule has 0 unspecified atom stereocenters. The zero-order valence-electron chi connectivity index (χ0n) is 11.9. The molecular formula is C15H27N. The van der Waals surface area contributed by atoms with Gasteiger partial charge in [-0.15, -0.1) is 0 Å². The van der Waals surface area contributed by atoms with E-state index in [2.05, 4.69) is 31.5 Å². The molecule has 1 rings (SSSR count). The number of rotatable bonds is 2. The molecule has 92 valence electrons. The van der Waals surface area contributed by atoms with Crippen molar-refractivity contribution in [3.05, 3.63) is 35.2 Å². The molecule has 0 atom stereocenters. The van der Waals surface area contributed by atoms with E-state index < -0.39 is 0 Å². The van der Waals surface area contributed by atoms with Crippen molar-refractivity contribution < 1.29 is 0 Å². The van der Waals surface area contributed by atoms with Gasteiger partial charge in [-0.1, -0.05) is 46.4 Å². The molecule has 0 aliphatic rings. The molecule has 0 bridgehead atoms. The fraction of sp³-hybridized carbons (Fsp3) is 0.467. The van der Waals surface area contributed by atoms with Gasteiger partial charge in [-0.05, 0) is 32.4 Å². The third-order valence-corrected chi connectivity index (χ3v) is 2.12. The fourth-order valence-corrected chi connectivity index (χ4v) is 1.33. The summed E-state index contributed by atoms with van der Waals surface area (Å²) >= 11 is 0. The van der Waals surface area contributed by atoms with Crippen LogP contribution in [0.1, 0.15) is 57.1 Å². The van der Waals surface area contributed by atoms with Gasteiger partial charge in [-0.2, -0.15) is 0 Å². The summed E-state index contributed by atoms with van der Waals surface area (Å²) in [5, 5.41) is 0. The molecule has 1 nitrogen and oxygen atoms in total. The minimum Gasteiger partial charge on any atom is -0.358 e. The van der Waals surface area contributed by atoms with Gasteiger partial charge in [-0.3, -0.25) is 0 Å². The van der Waals surface area contributed by atoms with E-state index in [0.29, 0.717) is 0 Å². The Morgan fingerprint density at radius 3 is 1.94 bits per heavy atom. The highest BCUT2D eigenvalue weighted by Crippen LogP contribution is 2.19. The van der Waals surface area contributed by atoms with Crippen LogP contribution in [0.4, 0.5) is 0 Å². The SMILES string of the molecule is C=Cc1c(/C=C\C)[nH]c(C)c1C.CC.CC. The first-order chi connectivity index (χ1) is 7.70. The molecule has 0 saturated carbocycles. The van der Waals surface area contributed by atoms with Crippen LogP contribution < -0.4 is 0 Å². The quantitative estimate of drug-likeness (QED) is 0.692. The van der Waals surface area contributed by atoms with E-state index in [1.165, 1.54) is 16.8 Å². The zero-order chi connectivity index (χ0) is 13.1. The van der Waals surface area contributed by atoms with Crippen LogP contribution in [-0.2, 0) is 0 Å². The molecule has 0 aliphatic heterocycles. The van der Waals surface area contributed by atoms with Crippen LogP contribution in [0.15, 0.2) is 12.7 Å². The van der Waals surface area contributed by atoms with Crippen molar-refractivity contribution in [3.63, 3.8) is 0 Å². The molecule has 0 saturated heterocycles. The maximum absolute atomic E-state index is 3.79. The summed E-state index contributed by atoms with van der Waals surface area (Å²) in [7, 11) is 0. The Labute approximate surface area is 101 Å². The summed E-state index contributed by atoms with van der Waals surface area (Å²) in [6.45, 7) is 18.0. The summed E-state index contributed by atoms with van der Waals surface area (Å²) in [4.78, 5) is 3.31. The maximum Gasteiger partial charge on any atom is 0.0455 e. The van der Waals surface area contributed by atoms with E-state index in [-0.39, 0.29) is 0 Å². The van der Waals surface area contributed by atoms with E-state index in [0.717, 1.165) is 5.69 Å². The van der Waals surface area contributed by atoms with Crippen LogP contribution in [0, 0.1) is 13.8 Å². The van der Waals surface area contributed by atoms with Crippen molar-refractivity contribution in [1.29, 1.82) is 0 Å². The van der Waals surface area contributed by atoms with Gasteiger partial charge in [0.2, 0.25) is 0 Å². The van der Waals surface area contributed by atoms with Gasteiger partial charge in [-0.25, -0.2) is 0 Å². The summed E-state index contributed by atoms with van der Waals surface area (Å²) in [5.41, 5.74) is 4.88. The summed E-state index contributed by atoms with van der Waals surface area (Å²) in [5.74, 6) is 0. The highest BCUT2D eigenvalue weighted by molar-refractivity contribution is 5.66. The molecule has 0 amide bonds. The lowest BCUT2D eigenvalue weighted by atomic mass is 10.1. The van der Waals surface area contributed by atoms with Crippen LogP contribution >= 0.6 is 0 Å². The van der Waals surface area contributed by atoms with Gasteiger partial charge >= 0.3 is 0 Å². The number of hydrogen-bond acceptors (Lipinski definition) is 0. The number of allylic oxidation sites excluding steroid dienone is 1. The van der Waals surface area contributed by atoms with Gasteiger partial charge in [0.25, 0.3) is 0 Å². The van der Waals surface area contributed by atoms with E-state index >= 15 is 0 Å². The van der Waals surface area contributed by atoms with Crippen LogP contribution in [0.3, 0.4) is 0 Å². The lowest BCUT2D eigenvalue weighted by molar-refractivity contribution is 1.22. The highest BCUT2D eigenvalue weighted by Gasteiger charge is 2.04. The van der Waals surface area contributed by atoms with Crippen LogP contribution in [-0.4, -0.2) is 4.98 Å². The number of H-pyrrole nitrogens is 1. The maximum atomic E-state index is 3.79. The molecular weight excluding hydrogens is 194 g/mol. The van der Waals surface area contributed by atoms with Crippen LogP contribution in [0.2, 0.25) is 0 Å². The first-order valence-corrected chi connectivity index (χ1v) is 6.15. The highest BCUT2D eigenvalue weighted by atomic mass is 14.7. The van der Waals surface area contributed by atoms with Crippen molar-refractivity contribution in [3.8, 4) is 0 Å². The Morgan fingerprint density at radius 2 is 1.56 bits per heavy atom. The predicted molar refractivity (Wildman–Crippen MR) is 77.8 cm³/mol. The molecule has 1 heteroatoms. The van der Waals surface area contributed by atoms with Gasteiger partial charge in [0.1, 0.15) is 0 Å². The first-order valence-electron chi connectivity index (χ1n) is 6.15. The topological polar surface area (TPSA) is 15.8 Å². The Hall–Kier alpha value is -1.24. The molecule has 0 fully saturated rings. The Bertz CT molecular complexity index is 316. The van der Waals surface area contributed by atoms with Gasteiger partial charge < -0.3 is 4.98 Å². The van der Waals surface area contributed by atoms with Crippen molar-refractivity contribution in [1.82, 2.24) is 4.98 Å². The minimum absolute atomic E-state index is 1.16. The van der Waals surface area contributed by atoms with E-state index in [4.69, 9.17) is 0 Å². The van der Waals surface area contributed by atoms with Gasteiger partial charge in [0, 0.05) is 17.0 Å². The summed E-state index contributed by atoms with van der Waals surface area (Å²) < 4.78 is 0. The molecule has 1 aromatic heterocycles. The monoisotopic (exact) mass is 221 g/mol. The second kappa shape index (κ2) is 10.3. The number of hydrogen-bond donors (Lipinski definition) is 1. The molecule has 1 aromatic rings. The number of aromatic nitrogens is 1. The number of aromatic amines is 1. The normalized spacial score (nSPS) is 8.94. The molecule has 0 spiro atoms. The van der Waals surface area contributed by atoms with Crippen molar-refractivity contribution in [2.75, 3.05) is 0 Å². The number of aryl methyl sites for hydroxylation is 1. The molecule has 1 heterocycles. The van der Waals surface area contributed by atoms with Crippen molar-refractivity contribution in [2.24, 2.45) is 0 Å². The standard InChI is InChI=1S/C11H15N.2C2H6/c1-5-7-11-10(6-2)8(3)9(4)12-11;2*1-2/h5-7,12H,2H2,1,3-4H3;2*1-2H3/b7-5-;;. The first kappa shape index (κ1) is 17.2. The van der Waals surface area contributed by atoms with Crippen molar-refractivity contribution in [2.45, 2.75) is 48.5 Å². The predicted octanol–water partition coefficient (Wildman–Crippen LogP) is 5.36. The fourth-order valence-electron chi connectivity index (χ4n) is 1.33. The van der Waals surface area contributed by atoms with Crippen LogP contribution in [0.25, 0.3) is 12.2 Å². The third-order valence-electron chi connectivity index (χ3n) is 2.12. The summed E-state index contributed by atoms with van der Waals surface area (Å²) in [6, 6.07) is 0. The largest absolute Gasteiger partial charge is 0.358 e. The second-order valence-electron chi connectivity index (χ2n) is 2.91. The minimum atomic E-state index is 1.16. The second-order valence-corrected chi connectivity index (χ2v) is 2.91. The lowest BCUT2D eigenvalue weighted by Gasteiger charge is -1.92. The molecule has 16 heavy (non-hydrogen) atoms. The van der Waals surface area contributed by atoms with Crippen molar-refractivity contribution >= 4 is 12.2 Å². The van der Waals surface area contributed by atoms with Gasteiger partial charge in [0.15, 0.2) is 0 Å². The Balaban J connectivity index is 0. The van der Waals surface area contributed by atoms with Gasteiger partial charge in [0.05, 0.1) is 0 Å². The third kappa shape index (κ3) is 4.52.